The number of nitrogens with one attached hydrogen (secondary N) is 2. The van der Waals surface area contributed by atoms with Crippen LogP contribution in [0, 0.1) is 13.8 Å². The lowest BCUT2D eigenvalue weighted by molar-refractivity contribution is 0.102. The molecule has 0 aliphatic rings. The summed E-state index contributed by atoms with van der Waals surface area (Å²) in [4.78, 5) is 12.3. The van der Waals surface area contributed by atoms with Crippen molar-refractivity contribution in [2.24, 2.45) is 0 Å². The summed E-state index contributed by atoms with van der Waals surface area (Å²) in [5.74, 6) is -0.109. The molecule has 0 aliphatic heterocycles. The Hall–Kier alpha value is -1.81. The number of carbonyl (C=O) groups excluding carboxylic acids is 1. The number of hydrogen-bond acceptors (Lipinski definition) is 2. The van der Waals surface area contributed by atoms with E-state index >= 15 is 0 Å². The Morgan fingerprint density at radius 2 is 1.80 bits per heavy atom. The van der Waals surface area contributed by atoms with Gasteiger partial charge in [0.05, 0.1) is 5.69 Å². The van der Waals surface area contributed by atoms with Crippen molar-refractivity contribution in [1.82, 2.24) is 0 Å². The van der Waals surface area contributed by atoms with E-state index in [1.807, 2.05) is 57.3 Å². The average Bonchev–Trinajstić information content (AvgIpc) is 2.43. The third-order valence-corrected chi connectivity index (χ3v) is 4.25. The lowest BCUT2D eigenvalue weighted by Crippen LogP contribution is -2.13. The zero-order valence-corrected chi connectivity index (χ0v) is 13.3. The van der Waals surface area contributed by atoms with Gasteiger partial charge in [-0.1, -0.05) is 12.1 Å². The van der Waals surface area contributed by atoms with E-state index < -0.39 is 0 Å². The Labute approximate surface area is 127 Å². The minimum atomic E-state index is -0.109. The van der Waals surface area contributed by atoms with Crippen molar-refractivity contribution in [3.05, 3.63) is 57.6 Å². The van der Waals surface area contributed by atoms with E-state index in [1.165, 1.54) is 0 Å². The van der Waals surface area contributed by atoms with Crippen LogP contribution in [0.5, 0.6) is 0 Å². The molecule has 0 unspecified atom stereocenters. The zero-order chi connectivity index (χ0) is 14.7. The van der Waals surface area contributed by atoms with Crippen LogP contribution in [-0.4, -0.2) is 13.0 Å². The molecule has 0 bridgehead atoms. The van der Waals surface area contributed by atoms with Gasteiger partial charge in [0.2, 0.25) is 0 Å². The zero-order valence-electron chi connectivity index (χ0n) is 11.8. The summed E-state index contributed by atoms with van der Waals surface area (Å²) in [5.41, 5.74) is 4.59. The second kappa shape index (κ2) is 6.09. The molecule has 0 atom stereocenters. The predicted octanol–water partition coefficient (Wildman–Crippen LogP) is 4.36. The van der Waals surface area contributed by atoms with Gasteiger partial charge in [-0.25, -0.2) is 0 Å². The topological polar surface area (TPSA) is 41.1 Å². The van der Waals surface area contributed by atoms with Gasteiger partial charge in [0.25, 0.3) is 5.91 Å². The third kappa shape index (κ3) is 3.02. The minimum absolute atomic E-state index is 0.109. The highest BCUT2D eigenvalue weighted by Crippen LogP contribution is 2.26. The van der Waals surface area contributed by atoms with Crippen LogP contribution in [0.2, 0.25) is 0 Å². The number of rotatable bonds is 3. The molecule has 2 rings (SSSR count). The van der Waals surface area contributed by atoms with E-state index in [-0.39, 0.29) is 5.91 Å². The highest BCUT2D eigenvalue weighted by molar-refractivity contribution is 9.10. The van der Waals surface area contributed by atoms with Crippen LogP contribution >= 0.6 is 15.9 Å². The van der Waals surface area contributed by atoms with Gasteiger partial charge in [0.15, 0.2) is 0 Å². The van der Waals surface area contributed by atoms with Crippen molar-refractivity contribution in [1.29, 1.82) is 0 Å². The molecule has 2 aromatic carbocycles. The largest absolute Gasteiger partial charge is 0.388 e. The van der Waals surface area contributed by atoms with E-state index in [4.69, 9.17) is 0 Å². The van der Waals surface area contributed by atoms with Gasteiger partial charge in [-0.3, -0.25) is 4.79 Å². The fourth-order valence-electron chi connectivity index (χ4n) is 2.02. The summed E-state index contributed by atoms with van der Waals surface area (Å²) in [6.07, 6.45) is 0. The van der Waals surface area contributed by atoms with Crippen molar-refractivity contribution < 1.29 is 4.79 Å². The molecular formula is C16H17BrN2O. The first-order valence-corrected chi connectivity index (χ1v) is 7.17. The summed E-state index contributed by atoms with van der Waals surface area (Å²) in [7, 11) is 1.87. The fraction of sp³-hybridized carbons (Fsp3) is 0.188. The van der Waals surface area contributed by atoms with Crippen LogP contribution in [0.15, 0.2) is 40.9 Å². The first-order valence-electron chi connectivity index (χ1n) is 6.38. The van der Waals surface area contributed by atoms with Gasteiger partial charge in [-0.2, -0.15) is 0 Å². The number of anilines is 2. The van der Waals surface area contributed by atoms with Crippen molar-refractivity contribution >= 4 is 33.2 Å². The number of carbonyl (C=O) groups is 1. The monoisotopic (exact) mass is 332 g/mol. The second-order valence-electron chi connectivity index (χ2n) is 4.67. The van der Waals surface area contributed by atoms with E-state index in [0.717, 1.165) is 27.0 Å². The molecule has 4 heteroatoms. The lowest BCUT2D eigenvalue weighted by atomic mass is 10.1. The quantitative estimate of drug-likeness (QED) is 0.876. The SMILES string of the molecule is CNc1ccc(C(=O)Nc2cccc(C)c2Br)cc1C. The molecule has 0 fully saturated rings. The summed E-state index contributed by atoms with van der Waals surface area (Å²) in [5, 5.41) is 6.01. The molecule has 0 saturated carbocycles. The van der Waals surface area contributed by atoms with E-state index in [1.54, 1.807) is 0 Å². The molecule has 0 aromatic heterocycles. The van der Waals surface area contributed by atoms with Gasteiger partial charge in [0, 0.05) is 22.8 Å². The van der Waals surface area contributed by atoms with Crippen LogP contribution in [0.4, 0.5) is 11.4 Å². The fourth-order valence-corrected chi connectivity index (χ4v) is 2.39. The molecular weight excluding hydrogens is 316 g/mol. The van der Waals surface area contributed by atoms with Gasteiger partial charge in [0.1, 0.15) is 0 Å². The smallest absolute Gasteiger partial charge is 0.255 e. The summed E-state index contributed by atoms with van der Waals surface area (Å²) in [6, 6.07) is 11.4. The Morgan fingerprint density at radius 1 is 1.05 bits per heavy atom. The molecule has 0 spiro atoms. The van der Waals surface area contributed by atoms with Gasteiger partial charge >= 0.3 is 0 Å². The Balaban J connectivity index is 2.24. The highest BCUT2D eigenvalue weighted by atomic mass is 79.9. The molecule has 0 saturated heterocycles. The highest BCUT2D eigenvalue weighted by Gasteiger charge is 2.10. The van der Waals surface area contributed by atoms with Gasteiger partial charge in [-0.15, -0.1) is 0 Å². The molecule has 0 radical (unpaired) electrons. The third-order valence-electron chi connectivity index (χ3n) is 3.20. The molecule has 0 heterocycles. The first kappa shape index (κ1) is 14.6. The summed E-state index contributed by atoms with van der Waals surface area (Å²) < 4.78 is 0.914. The Bertz CT molecular complexity index is 653. The van der Waals surface area contributed by atoms with E-state index in [2.05, 4.69) is 26.6 Å². The standard InChI is InChI=1S/C16H17BrN2O/c1-10-5-4-6-14(15(10)17)19-16(20)12-7-8-13(18-3)11(2)9-12/h4-9,18H,1-3H3,(H,19,20). The average molecular weight is 333 g/mol. The lowest BCUT2D eigenvalue weighted by Gasteiger charge is -2.11. The van der Waals surface area contributed by atoms with Crippen LogP contribution in [0.25, 0.3) is 0 Å². The maximum absolute atomic E-state index is 12.3. The molecule has 2 aromatic rings. The van der Waals surface area contributed by atoms with Crippen LogP contribution in [0.3, 0.4) is 0 Å². The second-order valence-corrected chi connectivity index (χ2v) is 5.46. The van der Waals surface area contributed by atoms with Gasteiger partial charge < -0.3 is 10.6 Å². The molecule has 1 amide bonds. The number of amides is 1. The first-order chi connectivity index (χ1) is 9.52. The molecule has 2 N–H and O–H groups in total. The number of halogens is 1. The van der Waals surface area contributed by atoms with E-state index in [0.29, 0.717) is 5.56 Å². The van der Waals surface area contributed by atoms with E-state index in [9.17, 15) is 4.79 Å². The molecule has 3 nitrogen and oxygen atoms in total. The maximum atomic E-state index is 12.3. The molecule has 20 heavy (non-hydrogen) atoms. The van der Waals surface area contributed by atoms with Crippen molar-refractivity contribution in [3.63, 3.8) is 0 Å². The molecule has 0 aliphatic carbocycles. The van der Waals surface area contributed by atoms with Crippen molar-refractivity contribution in [2.45, 2.75) is 13.8 Å². The van der Waals surface area contributed by atoms with Gasteiger partial charge in [-0.05, 0) is 65.2 Å². The predicted molar refractivity (Wildman–Crippen MR) is 87.6 cm³/mol. The minimum Gasteiger partial charge on any atom is -0.388 e. The van der Waals surface area contributed by atoms with Crippen molar-refractivity contribution in [3.8, 4) is 0 Å². The summed E-state index contributed by atoms with van der Waals surface area (Å²) in [6.45, 7) is 3.97. The molecule has 104 valence electrons. The van der Waals surface area contributed by atoms with Crippen LogP contribution in [0.1, 0.15) is 21.5 Å². The number of aryl methyl sites for hydroxylation is 2. The number of benzene rings is 2. The van der Waals surface area contributed by atoms with Crippen LogP contribution in [-0.2, 0) is 0 Å². The number of hydrogen-bond donors (Lipinski definition) is 2. The Kier molecular flexibility index (Phi) is 4.45. The Morgan fingerprint density at radius 3 is 2.45 bits per heavy atom. The maximum Gasteiger partial charge on any atom is 0.255 e. The van der Waals surface area contributed by atoms with Crippen molar-refractivity contribution in [2.75, 3.05) is 17.7 Å². The normalized spacial score (nSPS) is 10.2. The van der Waals surface area contributed by atoms with Crippen LogP contribution < -0.4 is 10.6 Å². The summed E-state index contributed by atoms with van der Waals surface area (Å²) >= 11 is 3.49.